The Balaban J connectivity index is 0.000000242. The molecule has 12 nitrogen and oxygen atoms in total. The number of aromatic nitrogens is 4. The first-order chi connectivity index (χ1) is 30.3. The number of anilines is 2. The van der Waals surface area contributed by atoms with E-state index in [2.05, 4.69) is 15.5 Å². The van der Waals surface area contributed by atoms with Crippen LogP contribution in [0.5, 0.6) is 5.75 Å². The van der Waals surface area contributed by atoms with Crippen LogP contribution >= 0.6 is 46.4 Å². The van der Waals surface area contributed by atoms with Gasteiger partial charge in [-0.3, -0.25) is 19.0 Å². The van der Waals surface area contributed by atoms with E-state index in [0.29, 0.717) is 38.1 Å². The van der Waals surface area contributed by atoms with E-state index in [-0.39, 0.29) is 41.8 Å². The molecule has 2 saturated heterocycles. The second-order valence-electron chi connectivity index (χ2n) is 14.5. The number of carboxylic acids is 1. The Bertz CT molecular complexity index is 2360. The predicted molar refractivity (Wildman–Crippen MR) is 220 cm³/mol. The monoisotopic (exact) mass is 1040 g/mol. The minimum atomic E-state index is -4.87. The van der Waals surface area contributed by atoms with Crippen LogP contribution in [0.15, 0.2) is 36.4 Å². The summed E-state index contributed by atoms with van der Waals surface area (Å²) in [6.07, 6.45) is -18.5. The minimum absolute atomic E-state index is 0.0219. The van der Waals surface area contributed by atoms with Crippen molar-refractivity contribution < 1.29 is 72.1 Å². The third-order valence-corrected chi connectivity index (χ3v) is 11.7. The van der Waals surface area contributed by atoms with Crippen molar-refractivity contribution >= 4 is 69.7 Å². The number of nitrogens with one attached hydrogen (secondary N) is 1. The van der Waals surface area contributed by atoms with Gasteiger partial charge in [-0.2, -0.15) is 62.9 Å². The fourth-order valence-electron chi connectivity index (χ4n) is 6.54. The fraction of sp³-hybridized carbons (Fsp3) is 0.474. The summed E-state index contributed by atoms with van der Waals surface area (Å²) in [6.45, 7) is 2.83. The number of nitrogens with zero attached hydrogens (tertiary/aromatic N) is 7. The molecule has 0 spiro atoms. The number of halogens is 16. The molecular formula is C38H38Cl4F12N8O4. The number of carboxylic acid groups (broad SMARTS) is 1. The Morgan fingerprint density at radius 1 is 0.712 bits per heavy atom. The maximum absolute atomic E-state index is 13.8. The molecule has 2 atom stereocenters. The van der Waals surface area contributed by atoms with Gasteiger partial charge in [-0.1, -0.05) is 46.4 Å². The number of hydrogen-bond acceptors (Lipinski definition) is 8. The third kappa shape index (κ3) is 13.6. The topological polar surface area (TPSA) is 121 Å². The van der Waals surface area contributed by atoms with E-state index in [9.17, 15) is 62.3 Å². The maximum atomic E-state index is 13.8. The van der Waals surface area contributed by atoms with Gasteiger partial charge < -0.3 is 29.9 Å². The van der Waals surface area contributed by atoms with E-state index in [0.717, 1.165) is 11.3 Å². The van der Waals surface area contributed by atoms with Crippen molar-refractivity contribution in [2.24, 2.45) is 0 Å². The van der Waals surface area contributed by atoms with E-state index < -0.39 is 89.7 Å². The first kappa shape index (κ1) is 54.1. The smallest absolute Gasteiger partial charge is 0.436 e. The van der Waals surface area contributed by atoms with Gasteiger partial charge in [0, 0.05) is 61.7 Å². The predicted octanol–water partition coefficient (Wildman–Crippen LogP) is 9.74. The normalized spacial score (nSPS) is 17.2. The maximum Gasteiger partial charge on any atom is 0.436 e. The molecule has 28 heteroatoms. The number of aliphatic carboxylic acids is 1. The Morgan fingerprint density at radius 2 is 1.21 bits per heavy atom. The van der Waals surface area contributed by atoms with Crippen LogP contribution in [0.4, 0.5) is 64.1 Å². The van der Waals surface area contributed by atoms with E-state index in [1.54, 1.807) is 17.0 Å². The molecular weight excluding hydrogens is 1000 g/mol. The number of benzene rings is 2. The van der Waals surface area contributed by atoms with Gasteiger partial charge in [-0.25, -0.2) is 0 Å². The standard InChI is InChI=1S/C19H18Cl2F6N4O2.C12H14ClF3N2.C7H6ClF3N2O2/c1-10-16(21)17(19(25,26)27)28-31(10)9-15(32)30-6-5-29(8-14(30)18(22,23)24)11-3-4-12(20)13(7-11)33-2;1-8-6-9(2-3-10(8)13)18-5-4-17-11(7-18)12(14,15)16;1-3-5(8)6(7(9,10)11)12-13(3)2-4(14)15/h3-4,7,14H,5-6,8-9H2,1-2H3;2-3,6,11,17H,4-5,7H2,1H3;2H2,1H3,(H,14,15). The number of piperazine rings is 2. The molecule has 2 N–H and O–H groups in total. The summed E-state index contributed by atoms with van der Waals surface area (Å²) in [5.41, 5.74) is -0.781. The quantitative estimate of drug-likeness (QED) is 0.175. The number of carbonyl (C=O) groups is 2. The molecule has 4 aromatic rings. The number of ether oxygens (including phenoxy) is 1. The van der Waals surface area contributed by atoms with Gasteiger partial charge in [0.25, 0.3) is 0 Å². The zero-order valence-electron chi connectivity index (χ0n) is 34.6. The Labute approximate surface area is 387 Å². The lowest BCUT2D eigenvalue weighted by Gasteiger charge is -2.43. The zero-order chi connectivity index (χ0) is 49.9. The molecule has 2 fully saturated rings. The second-order valence-corrected chi connectivity index (χ2v) is 16.1. The van der Waals surface area contributed by atoms with Crippen molar-refractivity contribution in [3.63, 3.8) is 0 Å². The molecule has 0 saturated carbocycles. The van der Waals surface area contributed by atoms with Gasteiger partial charge in [0.1, 0.15) is 30.9 Å². The van der Waals surface area contributed by atoms with Gasteiger partial charge >= 0.3 is 30.7 Å². The van der Waals surface area contributed by atoms with Crippen LogP contribution in [0.3, 0.4) is 0 Å². The molecule has 2 aliphatic rings. The van der Waals surface area contributed by atoms with Crippen molar-refractivity contribution in [2.45, 2.75) is 70.6 Å². The van der Waals surface area contributed by atoms with Crippen LogP contribution in [0.1, 0.15) is 28.3 Å². The highest BCUT2D eigenvalue weighted by Gasteiger charge is 2.49. The van der Waals surface area contributed by atoms with E-state index in [1.165, 1.54) is 44.1 Å². The first-order valence-corrected chi connectivity index (χ1v) is 20.4. The lowest BCUT2D eigenvalue weighted by Crippen LogP contribution is -2.61. The molecule has 1 amide bonds. The zero-order valence-corrected chi connectivity index (χ0v) is 37.6. The Hall–Kier alpha value is -4.52. The van der Waals surface area contributed by atoms with Gasteiger partial charge in [0.15, 0.2) is 11.4 Å². The summed E-state index contributed by atoms with van der Waals surface area (Å²) in [7, 11) is 1.37. The first-order valence-electron chi connectivity index (χ1n) is 18.9. The molecule has 6 rings (SSSR count). The molecule has 2 aromatic carbocycles. The van der Waals surface area contributed by atoms with E-state index in [1.807, 2.05) is 13.0 Å². The average molecular weight is 1040 g/mol. The van der Waals surface area contributed by atoms with Gasteiger partial charge in [-0.05, 0) is 56.7 Å². The summed E-state index contributed by atoms with van der Waals surface area (Å²) >= 11 is 22.9. The van der Waals surface area contributed by atoms with Crippen molar-refractivity contribution in [1.29, 1.82) is 0 Å². The van der Waals surface area contributed by atoms with Crippen molar-refractivity contribution in [3.8, 4) is 5.75 Å². The number of carbonyl (C=O) groups excluding carboxylic acids is 1. The lowest BCUT2D eigenvalue weighted by molar-refractivity contribution is -0.190. The highest BCUT2D eigenvalue weighted by atomic mass is 35.5. The van der Waals surface area contributed by atoms with Crippen LogP contribution in [-0.4, -0.2) is 112 Å². The Kier molecular flexibility index (Phi) is 17.4. The Morgan fingerprint density at radius 3 is 1.67 bits per heavy atom. The fourth-order valence-corrected chi connectivity index (χ4v) is 7.33. The summed E-state index contributed by atoms with van der Waals surface area (Å²) in [6, 6.07) is 6.14. The minimum Gasteiger partial charge on any atom is -0.495 e. The molecule has 4 heterocycles. The lowest BCUT2D eigenvalue weighted by atomic mass is 10.1. The van der Waals surface area contributed by atoms with Crippen molar-refractivity contribution in [3.05, 3.63) is 84.8 Å². The molecule has 2 aromatic heterocycles. The number of rotatable bonds is 7. The SMILES string of the molecule is COc1cc(N2CCN(C(=O)Cn3nc(C(F)(F)F)c(Cl)c3C)C(C(F)(F)F)C2)ccc1Cl.Cc1c(Cl)c(C(F)(F)F)nn1CC(=O)O.Cc1cc(N2CCNC(C(F)(F)F)C2)ccc1Cl. The number of alkyl halides is 12. The highest BCUT2D eigenvalue weighted by Crippen LogP contribution is 2.38. The average Bonchev–Trinajstić information content (AvgIpc) is 3.67. The van der Waals surface area contributed by atoms with Crippen molar-refractivity contribution in [2.75, 3.05) is 56.2 Å². The van der Waals surface area contributed by atoms with Crippen LogP contribution in [0, 0.1) is 20.8 Å². The number of hydrogen-bond donors (Lipinski definition) is 2. The van der Waals surface area contributed by atoms with E-state index in [4.69, 9.17) is 56.2 Å². The van der Waals surface area contributed by atoms with Gasteiger partial charge in [0.05, 0.1) is 33.6 Å². The number of methoxy groups -OCH3 is 1. The molecule has 2 unspecified atom stereocenters. The second kappa shape index (κ2) is 21.2. The van der Waals surface area contributed by atoms with E-state index >= 15 is 0 Å². The van der Waals surface area contributed by atoms with Gasteiger partial charge in [-0.15, -0.1) is 0 Å². The van der Waals surface area contributed by atoms with Crippen LogP contribution in [0.25, 0.3) is 0 Å². The number of amides is 1. The summed E-state index contributed by atoms with van der Waals surface area (Å²) in [4.78, 5) is 26.8. The summed E-state index contributed by atoms with van der Waals surface area (Å²) in [5.74, 6) is -2.03. The van der Waals surface area contributed by atoms with Crippen molar-refractivity contribution in [1.82, 2.24) is 29.8 Å². The summed E-state index contributed by atoms with van der Waals surface area (Å²) < 4.78 is 162. The molecule has 66 heavy (non-hydrogen) atoms. The van der Waals surface area contributed by atoms with Crippen LogP contribution in [0.2, 0.25) is 20.1 Å². The largest absolute Gasteiger partial charge is 0.495 e. The molecule has 366 valence electrons. The number of aryl methyl sites for hydroxylation is 1. The highest BCUT2D eigenvalue weighted by molar-refractivity contribution is 6.32. The molecule has 0 aliphatic carbocycles. The molecule has 0 radical (unpaired) electrons. The summed E-state index contributed by atoms with van der Waals surface area (Å²) in [5, 5.41) is 16.9. The molecule has 0 bridgehead atoms. The van der Waals surface area contributed by atoms with Crippen LogP contribution < -0.4 is 19.9 Å². The third-order valence-electron chi connectivity index (χ3n) is 10.0. The van der Waals surface area contributed by atoms with Gasteiger partial charge in [0.2, 0.25) is 5.91 Å². The molecule has 2 aliphatic heterocycles. The van der Waals surface area contributed by atoms with Crippen LogP contribution in [-0.2, 0) is 35.0 Å².